The van der Waals surface area contributed by atoms with Gasteiger partial charge in [-0.15, -0.1) is 0 Å². The molecule has 0 spiro atoms. The average molecular weight is 343 g/mol. The normalized spacial score (nSPS) is 10.6. The van der Waals surface area contributed by atoms with Crippen molar-refractivity contribution in [2.75, 3.05) is 24.3 Å². The van der Waals surface area contributed by atoms with E-state index in [0.717, 1.165) is 0 Å². The number of amides is 1. The zero-order valence-corrected chi connectivity index (χ0v) is 13.9. The van der Waals surface area contributed by atoms with Crippen molar-refractivity contribution >= 4 is 39.7 Å². The molecule has 1 aromatic heterocycles. The van der Waals surface area contributed by atoms with Crippen LogP contribution in [0.3, 0.4) is 0 Å². The zero-order valence-electron chi connectivity index (χ0n) is 13.1. The van der Waals surface area contributed by atoms with Crippen molar-refractivity contribution in [1.82, 2.24) is 10.2 Å². The average Bonchev–Trinajstić information content (AvgIpc) is 2.55. The second-order valence-electron chi connectivity index (χ2n) is 5.43. The summed E-state index contributed by atoms with van der Waals surface area (Å²) in [6.45, 7) is 0. The van der Waals surface area contributed by atoms with Crippen molar-refractivity contribution in [3.05, 3.63) is 63.5 Å². The molecule has 1 amide bonds. The van der Waals surface area contributed by atoms with E-state index in [2.05, 4.69) is 15.5 Å². The number of halogens is 1. The van der Waals surface area contributed by atoms with Gasteiger partial charge in [-0.1, -0.05) is 35.9 Å². The molecule has 0 fully saturated rings. The second kappa shape index (κ2) is 6.33. The Morgan fingerprint density at radius 3 is 2.54 bits per heavy atom. The lowest BCUT2D eigenvalue weighted by atomic mass is 10.1. The van der Waals surface area contributed by atoms with E-state index < -0.39 is 5.91 Å². The van der Waals surface area contributed by atoms with Crippen molar-refractivity contribution in [2.24, 2.45) is 0 Å². The fourth-order valence-corrected chi connectivity index (χ4v) is 2.88. The second-order valence-corrected chi connectivity index (χ2v) is 5.84. The number of benzene rings is 2. The van der Waals surface area contributed by atoms with E-state index in [0.29, 0.717) is 27.2 Å². The van der Waals surface area contributed by atoms with Gasteiger partial charge in [0.2, 0.25) is 0 Å². The summed E-state index contributed by atoms with van der Waals surface area (Å²) in [5, 5.41) is 10.5. The lowest BCUT2D eigenvalue weighted by Gasteiger charge is -2.19. The molecule has 7 heteroatoms. The molecule has 0 atom stereocenters. The maximum atomic E-state index is 12.7. The van der Waals surface area contributed by atoms with Crippen LogP contribution in [0.25, 0.3) is 10.8 Å². The minimum atomic E-state index is -0.423. The number of aromatic amines is 1. The fourth-order valence-electron chi connectivity index (χ4n) is 2.54. The van der Waals surface area contributed by atoms with Gasteiger partial charge in [-0.3, -0.25) is 9.59 Å². The maximum Gasteiger partial charge on any atom is 0.276 e. The van der Waals surface area contributed by atoms with Crippen LogP contribution in [-0.2, 0) is 0 Å². The number of H-pyrrole nitrogens is 1. The van der Waals surface area contributed by atoms with Crippen LogP contribution in [0.4, 0.5) is 11.4 Å². The Morgan fingerprint density at radius 2 is 1.83 bits per heavy atom. The Labute approximate surface area is 143 Å². The first kappa shape index (κ1) is 16.0. The Kier molecular flexibility index (Phi) is 4.22. The van der Waals surface area contributed by atoms with Gasteiger partial charge in [0.25, 0.3) is 11.5 Å². The lowest BCUT2D eigenvalue weighted by Crippen LogP contribution is -2.21. The first-order chi connectivity index (χ1) is 11.5. The predicted molar refractivity (Wildman–Crippen MR) is 96.1 cm³/mol. The first-order valence-electron chi connectivity index (χ1n) is 7.23. The van der Waals surface area contributed by atoms with Crippen LogP contribution in [0, 0.1) is 0 Å². The van der Waals surface area contributed by atoms with E-state index in [4.69, 9.17) is 11.6 Å². The zero-order chi connectivity index (χ0) is 17.3. The summed E-state index contributed by atoms with van der Waals surface area (Å²) < 4.78 is 0. The Bertz CT molecular complexity index is 982. The van der Waals surface area contributed by atoms with Crippen molar-refractivity contribution in [2.45, 2.75) is 0 Å². The van der Waals surface area contributed by atoms with E-state index in [1.807, 2.05) is 19.0 Å². The van der Waals surface area contributed by atoms with Gasteiger partial charge in [-0.25, -0.2) is 5.10 Å². The van der Waals surface area contributed by atoms with Gasteiger partial charge in [0, 0.05) is 19.5 Å². The van der Waals surface area contributed by atoms with Gasteiger partial charge in [-0.2, -0.15) is 5.10 Å². The van der Waals surface area contributed by atoms with E-state index >= 15 is 0 Å². The van der Waals surface area contributed by atoms with E-state index in [-0.39, 0.29) is 11.3 Å². The van der Waals surface area contributed by atoms with Crippen LogP contribution >= 0.6 is 11.6 Å². The molecule has 3 rings (SSSR count). The van der Waals surface area contributed by atoms with Crippen LogP contribution in [0.15, 0.2) is 47.3 Å². The Balaban J connectivity index is 2.05. The van der Waals surface area contributed by atoms with Crippen molar-refractivity contribution in [3.63, 3.8) is 0 Å². The lowest BCUT2D eigenvalue weighted by molar-refractivity contribution is 0.102. The number of nitrogens with zero attached hydrogens (tertiary/aromatic N) is 2. The summed E-state index contributed by atoms with van der Waals surface area (Å²) in [7, 11) is 3.68. The molecule has 0 bridgehead atoms. The van der Waals surface area contributed by atoms with Crippen LogP contribution in [0.5, 0.6) is 0 Å². The molecule has 0 radical (unpaired) electrons. The first-order valence-corrected chi connectivity index (χ1v) is 7.61. The summed E-state index contributed by atoms with van der Waals surface area (Å²) in [6.07, 6.45) is 0. The smallest absolute Gasteiger partial charge is 0.276 e. The van der Waals surface area contributed by atoms with Gasteiger partial charge >= 0.3 is 0 Å². The largest absolute Gasteiger partial charge is 0.375 e. The third kappa shape index (κ3) is 2.83. The van der Waals surface area contributed by atoms with E-state index in [9.17, 15) is 9.59 Å². The summed E-state index contributed by atoms with van der Waals surface area (Å²) in [4.78, 5) is 26.3. The SMILES string of the molecule is CN(C)c1c(Cl)cccc1NC(=O)c1n[nH]c(=O)c2ccccc12. The third-order valence-electron chi connectivity index (χ3n) is 3.59. The monoisotopic (exact) mass is 342 g/mol. The number of carbonyl (C=O) groups excluding carboxylic acids is 1. The Hall–Kier alpha value is -2.86. The van der Waals surface area contributed by atoms with Crippen LogP contribution < -0.4 is 15.8 Å². The molecular weight excluding hydrogens is 328 g/mol. The number of hydrogen-bond donors (Lipinski definition) is 2. The van der Waals surface area contributed by atoms with E-state index in [1.54, 1.807) is 42.5 Å². The molecule has 24 heavy (non-hydrogen) atoms. The van der Waals surface area contributed by atoms with E-state index in [1.165, 1.54) is 0 Å². The van der Waals surface area contributed by atoms with Crippen LogP contribution in [-0.4, -0.2) is 30.2 Å². The summed E-state index contributed by atoms with van der Waals surface area (Å²) in [6, 6.07) is 12.1. The fraction of sp³-hybridized carbons (Fsp3) is 0.118. The summed E-state index contributed by atoms with van der Waals surface area (Å²) in [5.41, 5.74) is 1.07. The summed E-state index contributed by atoms with van der Waals surface area (Å²) >= 11 is 6.21. The molecule has 0 aliphatic rings. The minimum Gasteiger partial charge on any atom is -0.375 e. The highest BCUT2D eigenvalue weighted by atomic mass is 35.5. The Morgan fingerprint density at radius 1 is 1.12 bits per heavy atom. The number of fused-ring (bicyclic) bond motifs is 1. The minimum absolute atomic E-state index is 0.148. The molecule has 0 saturated heterocycles. The highest BCUT2D eigenvalue weighted by Gasteiger charge is 2.17. The molecule has 6 nitrogen and oxygen atoms in total. The predicted octanol–water partition coefficient (Wildman–Crippen LogP) is 2.89. The van der Waals surface area contributed by atoms with Gasteiger partial charge in [0.1, 0.15) is 0 Å². The van der Waals surface area contributed by atoms with Gasteiger partial charge < -0.3 is 10.2 Å². The number of nitrogens with one attached hydrogen (secondary N) is 2. The van der Waals surface area contributed by atoms with Crippen molar-refractivity contribution in [1.29, 1.82) is 0 Å². The van der Waals surface area contributed by atoms with Crippen LogP contribution in [0.2, 0.25) is 5.02 Å². The number of para-hydroxylation sites is 1. The summed E-state index contributed by atoms with van der Waals surface area (Å²) in [5.74, 6) is -0.423. The molecule has 1 heterocycles. The van der Waals surface area contributed by atoms with Gasteiger partial charge in [-0.05, 0) is 18.2 Å². The third-order valence-corrected chi connectivity index (χ3v) is 3.90. The van der Waals surface area contributed by atoms with Gasteiger partial charge in [0.05, 0.1) is 21.8 Å². The standard InChI is InChI=1S/C17H15ClN4O2/c1-22(2)15-12(18)8-5-9-13(15)19-17(24)14-10-6-3-4-7-11(10)16(23)21-20-14/h3-9H,1-2H3,(H,19,24)(H,21,23). The van der Waals surface area contributed by atoms with Crippen molar-refractivity contribution < 1.29 is 4.79 Å². The topological polar surface area (TPSA) is 78.1 Å². The molecule has 0 aliphatic heterocycles. The molecule has 122 valence electrons. The maximum absolute atomic E-state index is 12.7. The van der Waals surface area contributed by atoms with Crippen LogP contribution in [0.1, 0.15) is 10.5 Å². The molecule has 0 aliphatic carbocycles. The quantitative estimate of drug-likeness (QED) is 0.767. The molecule has 2 N–H and O–H groups in total. The van der Waals surface area contributed by atoms with Crippen molar-refractivity contribution in [3.8, 4) is 0 Å². The highest BCUT2D eigenvalue weighted by Crippen LogP contribution is 2.32. The molecule has 0 unspecified atom stereocenters. The number of carbonyl (C=O) groups is 1. The number of rotatable bonds is 3. The molecule has 3 aromatic rings. The molecule has 2 aromatic carbocycles. The number of anilines is 2. The van der Waals surface area contributed by atoms with Gasteiger partial charge in [0.15, 0.2) is 5.69 Å². The molecular formula is C17H15ClN4O2. The number of hydrogen-bond acceptors (Lipinski definition) is 4. The molecule has 0 saturated carbocycles. The number of aromatic nitrogens is 2. The highest BCUT2D eigenvalue weighted by molar-refractivity contribution is 6.34.